The average Bonchev–Trinajstić information content (AvgIpc) is 2.71. The number of rotatable bonds is 6. The predicted molar refractivity (Wildman–Crippen MR) is 60.6 cm³/mol. The van der Waals surface area contributed by atoms with Gasteiger partial charge in [0.05, 0.1) is 6.10 Å². The minimum Gasteiger partial charge on any atom is -0.376 e. The van der Waals surface area contributed by atoms with Crippen molar-refractivity contribution in [2.45, 2.75) is 64.5 Å². The minimum atomic E-state index is 0.200. The first-order chi connectivity index (χ1) is 6.73. The molecule has 1 aliphatic rings. The molecule has 0 spiro atoms. The third-order valence-electron chi connectivity index (χ3n) is 3.43. The van der Waals surface area contributed by atoms with Crippen LogP contribution in [-0.2, 0) is 4.74 Å². The molecule has 84 valence electrons. The third-order valence-corrected chi connectivity index (χ3v) is 3.43. The number of hydrogen-bond acceptors (Lipinski definition) is 2. The molecule has 0 aromatic rings. The molecule has 14 heavy (non-hydrogen) atoms. The molecule has 0 radical (unpaired) electrons. The highest BCUT2D eigenvalue weighted by Crippen LogP contribution is 2.26. The fourth-order valence-corrected chi connectivity index (χ4v) is 2.10. The van der Waals surface area contributed by atoms with Crippen molar-refractivity contribution in [3.05, 3.63) is 0 Å². The second-order valence-electron chi connectivity index (χ2n) is 4.55. The number of ether oxygens (including phenoxy) is 1. The van der Waals surface area contributed by atoms with Crippen LogP contribution in [0.15, 0.2) is 0 Å². The zero-order chi connectivity index (χ0) is 10.4. The maximum Gasteiger partial charge on any atom is 0.0754 e. The molecule has 1 fully saturated rings. The Bertz CT molecular complexity index is 154. The Morgan fingerprint density at radius 3 is 2.71 bits per heavy atom. The lowest BCUT2D eigenvalue weighted by Crippen LogP contribution is -2.51. The van der Waals surface area contributed by atoms with Crippen LogP contribution in [-0.4, -0.2) is 24.8 Å². The molecule has 1 saturated heterocycles. The highest BCUT2D eigenvalue weighted by molar-refractivity contribution is 4.92. The summed E-state index contributed by atoms with van der Waals surface area (Å²) in [5.74, 6) is 0. The quantitative estimate of drug-likeness (QED) is 0.664. The van der Waals surface area contributed by atoms with Crippen LogP contribution in [0.25, 0.3) is 0 Å². The summed E-state index contributed by atoms with van der Waals surface area (Å²) in [5, 5.41) is 3.66. The van der Waals surface area contributed by atoms with Gasteiger partial charge < -0.3 is 10.1 Å². The van der Waals surface area contributed by atoms with Gasteiger partial charge in [0, 0.05) is 12.1 Å². The van der Waals surface area contributed by atoms with E-state index in [-0.39, 0.29) is 5.54 Å². The summed E-state index contributed by atoms with van der Waals surface area (Å²) >= 11 is 0. The Hall–Kier alpha value is -0.0800. The summed E-state index contributed by atoms with van der Waals surface area (Å²) in [6, 6.07) is 0. The van der Waals surface area contributed by atoms with Crippen molar-refractivity contribution >= 4 is 0 Å². The Morgan fingerprint density at radius 1 is 1.43 bits per heavy atom. The van der Waals surface area contributed by atoms with Crippen molar-refractivity contribution in [3.63, 3.8) is 0 Å². The van der Waals surface area contributed by atoms with E-state index in [9.17, 15) is 0 Å². The molecule has 2 heteroatoms. The SMILES string of the molecule is CCCCNC(C)(CC)C1CCCO1. The first-order valence-electron chi connectivity index (χ1n) is 6.09. The average molecular weight is 199 g/mol. The van der Waals surface area contributed by atoms with E-state index in [1.54, 1.807) is 0 Å². The van der Waals surface area contributed by atoms with E-state index < -0.39 is 0 Å². The molecule has 0 bridgehead atoms. The first kappa shape index (κ1) is 12.0. The van der Waals surface area contributed by atoms with Gasteiger partial charge in [0.15, 0.2) is 0 Å². The van der Waals surface area contributed by atoms with Gasteiger partial charge in [-0.15, -0.1) is 0 Å². The van der Waals surface area contributed by atoms with Gasteiger partial charge in [0.1, 0.15) is 0 Å². The summed E-state index contributed by atoms with van der Waals surface area (Å²) in [6.07, 6.45) is 6.57. The van der Waals surface area contributed by atoms with E-state index in [1.165, 1.54) is 25.7 Å². The standard InChI is InChI=1S/C12H25NO/c1-4-6-9-13-12(3,5-2)11-8-7-10-14-11/h11,13H,4-10H2,1-3H3. The topological polar surface area (TPSA) is 21.3 Å². The van der Waals surface area contributed by atoms with Crippen LogP contribution in [0.1, 0.15) is 52.9 Å². The summed E-state index contributed by atoms with van der Waals surface area (Å²) in [7, 11) is 0. The summed E-state index contributed by atoms with van der Waals surface area (Å²) in [4.78, 5) is 0. The summed E-state index contributed by atoms with van der Waals surface area (Å²) < 4.78 is 5.78. The van der Waals surface area contributed by atoms with Crippen LogP contribution in [0.3, 0.4) is 0 Å². The van der Waals surface area contributed by atoms with Gasteiger partial charge in [-0.3, -0.25) is 0 Å². The van der Waals surface area contributed by atoms with Crippen molar-refractivity contribution in [1.29, 1.82) is 0 Å². The van der Waals surface area contributed by atoms with Gasteiger partial charge in [0.2, 0.25) is 0 Å². The van der Waals surface area contributed by atoms with E-state index in [2.05, 4.69) is 26.1 Å². The monoisotopic (exact) mass is 199 g/mol. The largest absolute Gasteiger partial charge is 0.376 e. The lowest BCUT2D eigenvalue weighted by molar-refractivity contribution is 0.0336. The van der Waals surface area contributed by atoms with Crippen molar-refractivity contribution < 1.29 is 4.74 Å². The molecule has 1 rings (SSSR count). The van der Waals surface area contributed by atoms with Gasteiger partial charge in [-0.05, 0) is 39.2 Å². The van der Waals surface area contributed by atoms with E-state index in [0.717, 1.165) is 19.6 Å². The smallest absolute Gasteiger partial charge is 0.0754 e. The van der Waals surface area contributed by atoms with Crippen LogP contribution < -0.4 is 5.32 Å². The number of unbranched alkanes of at least 4 members (excludes halogenated alkanes) is 1. The van der Waals surface area contributed by atoms with E-state index in [4.69, 9.17) is 4.74 Å². The maximum atomic E-state index is 5.78. The van der Waals surface area contributed by atoms with Gasteiger partial charge in [0.25, 0.3) is 0 Å². The van der Waals surface area contributed by atoms with Gasteiger partial charge in [-0.1, -0.05) is 20.3 Å². The molecule has 0 aromatic carbocycles. The minimum absolute atomic E-state index is 0.200. The Kier molecular flexibility index (Phi) is 4.90. The van der Waals surface area contributed by atoms with Crippen molar-refractivity contribution in [2.75, 3.05) is 13.2 Å². The summed E-state index contributed by atoms with van der Waals surface area (Å²) in [6.45, 7) is 8.87. The third kappa shape index (κ3) is 2.96. The highest BCUT2D eigenvalue weighted by atomic mass is 16.5. The fourth-order valence-electron chi connectivity index (χ4n) is 2.10. The lowest BCUT2D eigenvalue weighted by atomic mass is 9.89. The van der Waals surface area contributed by atoms with E-state index in [1.807, 2.05) is 0 Å². The lowest BCUT2D eigenvalue weighted by Gasteiger charge is -2.35. The number of nitrogens with one attached hydrogen (secondary N) is 1. The molecule has 0 saturated carbocycles. The molecule has 0 aromatic heterocycles. The Balaban J connectivity index is 2.38. The second-order valence-corrected chi connectivity index (χ2v) is 4.55. The number of hydrogen-bond donors (Lipinski definition) is 1. The molecule has 1 aliphatic heterocycles. The van der Waals surface area contributed by atoms with Gasteiger partial charge in [-0.25, -0.2) is 0 Å². The van der Waals surface area contributed by atoms with Crippen LogP contribution in [0.5, 0.6) is 0 Å². The van der Waals surface area contributed by atoms with Crippen LogP contribution in [0, 0.1) is 0 Å². The molecule has 1 N–H and O–H groups in total. The molecule has 1 heterocycles. The molecule has 2 nitrogen and oxygen atoms in total. The maximum absolute atomic E-state index is 5.78. The van der Waals surface area contributed by atoms with Gasteiger partial charge in [-0.2, -0.15) is 0 Å². The molecule has 0 aliphatic carbocycles. The molecule has 2 unspecified atom stereocenters. The molecule has 2 atom stereocenters. The van der Waals surface area contributed by atoms with Crippen molar-refractivity contribution in [1.82, 2.24) is 5.32 Å². The zero-order valence-electron chi connectivity index (χ0n) is 9.94. The van der Waals surface area contributed by atoms with Crippen molar-refractivity contribution in [2.24, 2.45) is 0 Å². The van der Waals surface area contributed by atoms with Crippen LogP contribution in [0.2, 0.25) is 0 Å². The fraction of sp³-hybridized carbons (Fsp3) is 1.00. The molecule has 0 amide bonds. The van der Waals surface area contributed by atoms with Crippen LogP contribution >= 0.6 is 0 Å². The van der Waals surface area contributed by atoms with E-state index >= 15 is 0 Å². The molecular weight excluding hydrogens is 174 g/mol. The van der Waals surface area contributed by atoms with E-state index in [0.29, 0.717) is 6.10 Å². The van der Waals surface area contributed by atoms with Gasteiger partial charge >= 0.3 is 0 Å². The predicted octanol–water partition coefficient (Wildman–Crippen LogP) is 2.72. The normalized spacial score (nSPS) is 26.4. The highest BCUT2D eigenvalue weighted by Gasteiger charge is 2.34. The first-order valence-corrected chi connectivity index (χ1v) is 6.09. The molecular formula is C12H25NO. The second kappa shape index (κ2) is 5.72. The van der Waals surface area contributed by atoms with Crippen LogP contribution in [0.4, 0.5) is 0 Å². The Labute approximate surface area is 88.4 Å². The van der Waals surface area contributed by atoms with Crippen molar-refractivity contribution in [3.8, 4) is 0 Å². The zero-order valence-corrected chi connectivity index (χ0v) is 9.94. The Morgan fingerprint density at radius 2 is 2.21 bits per heavy atom. The summed E-state index contributed by atoms with van der Waals surface area (Å²) in [5.41, 5.74) is 0.200.